The average Bonchev–Trinajstić information content (AvgIpc) is 2.46. The molecule has 0 fully saturated rings. The summed E-state index contributed by atoms with van der Waals surface area (Å²) in [5, 5.41) is 9.16. The van der Waals surface area contributed by atoms with Crippen LogP contribution in [0.1, 0.15) is 21.8 Å². The van der Waals surface area contributed by atoms with Crippen LogP contribution >= 0.6 is 43.5 Å². The Hall–Kier alpha value is -1.22. The molecular formula is C15H7Br2ClFNO. The van der Waals surface area contributed by atoms with E-state index in [-0.39, 0.29) is 10.6 Å². The first kappa shape index (κ1) is 16.2. The van der Waals surface area contributed by atoms with Crippen molar-refractivity contribution in [1.82, 2.24) is 0 Å². The standard InChI is InChI=1S/C15H7Br2ClFNO/c16-8-4-5-12(17)10(6-8)15(21)11(7-20)9-2-1-3-13(18)14(9)19/h1-6,11H. The van der Waals surface area contributed by atoms with Crippen LogP contribution in [-0.4, -0.2) is 5.78 Å². The van der Waals surface area contributed by atoms with Crippen molar-refractivity contribution in [1.29, 1.82) is 5.26 Å². The third-order valence-corrected chi connectivity index (χ3v) is 4.35. The summed E-state index contributed by atoms with van der Waals surface area (Å²) in [6.45, 7) is 0. The summed E-state index contributed by atoms with van der Waals surface area (Å²) in [5.41, 5.74) is 0.275. The van der Waals surface area contributed by atoms with Gasteiger partial charge in [0, 0.05) is 20.1 Å². The molecule has 0 aliphatic carbocycles. The minimum Gasteiger partial charge on any atom is -0.292 e. The van der Waals surface area contributed by atoms with Gasteiger partial charge in [-0.15, -0.1) is 0 Å². The van der Waals surface area contributed by atoms with Gasteiger partial charge in [0.1, 0.15) is 11.7 Å². The van der Waals surface area contributed by atoms with Crippen LogP contribution in [0.4, 0.5) is 4.39 Å². The molecule has 0 aromatic heterocycles. The molecule has 2 aromatic rings. The van der Waals surface area contributed by atoms with E-state index in [1.807, 2.05) is 6.07 Å². The molecule has 1 unspecified atom stereocenters. The van der Waals surface area contributed by atoms with Crippen molar-refractivity contribution in [3.05, 3.63) is 67.3 Å². The van der Waals surface area contributed by atoms with E-state index >= 15 is 0 Å². The van der Waals surface area contributed by atoms with Crippen LogP contribution in [0.5, 0.6) is 0 Å². The number of hydrogen-bond donors (Lipinski definition) is 0. The number of benzene rings is 2. The number of ketones is 1. The van der Waals surface area contributed by atoms with E-state index in [0.29, 0.717) is 14.5 Å². The van der Waals surface area contributed by atoms with Crippen LogP contribution in [0.15, 0.2) is 45.3 Å². The first-order valence-corrected chi connectivity index (χ1v) is 7.75. The molecule has 21 heavy (non-hydrogen) atoms. The lowest BCUT2D eigenvalue weighted by molar-refractivity contribution is 0.0976. The van der Waals surface area contributed by atoms with Gasteiger partial charge in [-0.05, 0) is 24.3 Å². The third-order valence-electron chi connectivity index (χ3n) is 2.88. The lowest BCUT2D eigenvalue weighted by atomic mass is 9.91. The van der Waals surface area contributed by atoms with Crippen LogP contribution in [0.2, 0.25) is 5.02 Å². The molecule has 0 aliphatic rings. The lowest BCUT2D eigenvalue weighted by Gasteiger charge is -2.12. The van der Waals surface area contributed by atoms with Gasteiger partial charge in [0.15, 0.2) is 5.78 Å². The van der Waals surface area contributed by atoms with E-state index in [2.05, 4.69) is 31.9 Å². The van der Waals surface area contributed by atoms with Gasteiger partial charge < -0.3 is 0 Å². The van der Waals surface area contributed by atoms with Crippen molar-refractivity contribution >= 4 is 49.2 Å². The molecule has 0 saturated carbocycles. The highest BCUT2D eigenvalue weighted by atomic mass is 79.9. The zero-order valence-corrected chi connectivity index (χ0v) is 14.3. The summed E-state index contributed by atoms with van der Waals surface area (Å²) < 4.78 is 15.3. The summed E-state index contributed by atoms with van der Waals surface area (Å²) in [6, 6.07) is 11.1. The maximum atomic E-state index is 14.0. The van der Waals surface area contributed by atoms with E-state index in [1.165, 1.54) is 18.2 Å². The van der Waals surface area contributed by atoms with Crippen LogP contribution < -0.4 is 0 Å². The predicted octanol–water partition coefficient (Wildman–Crippen LogP) is 5.49. The molecule has 0 amide bonds. The van der Waals surface area contributed by atoms with Crippen molar-refractivity contribution in [3.8, 4) is 6.07 Å². The Morgan fingerprint density at radius 1 is 1.29 bits per heavy atom. The Balaban J connectivity index is 2.52. The number of nitrogens with zero attached hydrogens (tertiary/aromatic N) is 1. The summed E-state index contributed by atoms with van der Waals surface area (Å²) in [6.07, 6.45) is 0. The molecule has 2 rings (SSSR count). The molecule has 1 atom stereocenters. The first-order valence-electron chi connectivity index (χ1n) is 5.78. The zero-order chi connectivity index (χ0) is 15.6. The zero-order valence-electron chi connectivity index (χ0n) is 10.4. The molecule has 0 saturated heterocycles. The van der Waals surface area contributed by atoms with Crippen LogP contribution in [-0.2, 0) is 0 Å². The summed E-state index contributed by atoms with van der Waals surface area (Å²) in [5.74, 6) is -2.49. The van der Waals surface area contributed by atoms with Gasteiger partial charge in [0.05, 0.1) is 11.1 Å². The maximum Gasteiger partial charge on any atom is 0.185 e. The summed E-state index contributed by atoms with van der Waals surface area (Å²) in [7, 11) is 0. The van der Waals surface area contributed by atoms with Crippen molar-refractivity contribution in [2.24, 2.45) is 0 Å². The van der Waals surface area contributed by atoms with Gasteiger partial charge in [0.2, 0.25) is 0 Å². The van der Waals surface area contributed by atoms with Crippen molar-refractivity contribution in [3.63, 3.8) is 0 Å². The SMILES string of the molecule is N#CC(C(=O)c1cc(Br)ccc1Br)c1cccc(Cl)c1F. The maximum absolute atomic E-state index is 14.0. The van der Waals surface area contributed by atoms with E-state index < -0.39 is 17.5 Å². The topological polar surface area (TPSA) is 40.9 Å². The molecule has 0 radical (unpaired) electrons. The number of halogens is 4. The van der Waals surface area contributed by atoms with Gasteiger partial charge >= 0.3 is 0 Å². The van der Waals surface area contributed by atoms with Gasteiger partial charge in [-0.3, -0.25) is 4.79 Å². The van der Waals surface area contributed by atoms with Crippen molar-refractivity contribution in [2.45, 2.75) is 5.92 Å². The summed E-state index contributed by atoms with van der Waals surface area (Å²) in [4.78, 5) is 12.5. The van der Waals surface area contributed by atoms with E-state index in [9.17, 15) is 14.4 Å². The van der Waals surface area contributed by atoms with Crippen LogP contribution in [0.3, 0.4) is 0 Å². The Kier molecular flexibility index (Phi) is 5.15. The summed E-state index contributed by atoms with van der Waals surface area (Å²) >= 11 is 12.2. The largest absolute Gasteiger partial charge is 0.292 e. The molecule has 0 bridgehead atoms. The van der Waals surface area contributed by atoms with Crippen LogP contribution in [0, 0.1) is 17.1 Å². The smallest absolute Gasteiger partial charge is 0.185 e. The van der Waals surface area contributed by atoms with Gasteiger partial charge in [-0.1, -0.05) is 55.6 Å². The van der Waals surface area contributed by atoms with Gasteiger partial charge in [-0.25, -0.2) is 4.39 Å². The fraction of sp³-hybridized carbons (Fsp3) is 0.0667. The Morgan fingerprint density at radius 2 is 2.00 bits per heavy atom. The second-order valence-electron chi connectivity index (χ2n) is 4.19. The number of nitriles is 1. The van der Waals surface area contributed by atoms with Crippen molar-refractivity contribution < 1.29 is 9.18 Å². The predicted molar refractivity (Wildman–Crippen MR) is 85.9 cm³/mol. The highest BCUT2D eigenvalue weighted by molar-refractivity contribution is 9.11. The lowest BCUT2D eigenvalue weighted by Crippen LogP contribution is -2.13. The Bertz CT molecular complexity index is 758. The minimum absolute atomic E-state index is 0.0260. The molecule has 0 heterocycles. The molecule has 0 aliphatic heterocycles. The number of Topliss-reactive ketones (excluding diaryl/α,β-unsaturated/α-hetero) is 1. The third kappa shape index (κ3) is 3.34. The number of carbonyl (C=O) groups excluding carboxylic acids is 1. The molecule has 0 spiro atoms. The Morgan fingerprint density at radius 3 is 2.67 bits per heavy atom. The van der Waals surface area contributed by atoms with Gasteiger partial charge in [-0.2, -0.15) is 5.26 Å². The van der Waals surface area contributed by atoms with Gasteiger partial charge in [0.25, 0.3) is 0 Å². The molecule has 2 nitrogen and oxygen atoms in total. The second kappa shape index (κ2) is 6.69. The fourth-order valence-electron chi connectivity index (χ4n) is 1.85. The van der Waals surface area contributed by atoms with Crippen LogP contribution in [0.25, 0.3) is 0 Å². The Labute approximate surface area is 142 Å². The quantitative estimate of drug-likeness (QED) is 0.603. The normalized spacial score (nSPS) is 11.8. The van der Waals surface area contributed by atoms with Crippen molar-refractivity contribution in [2.75, 3.05) is 0 Å². The molecular weight excluding hydrogens is 424 g/mol. The number of hydrogen-bond acceptors (Lipinski definition) is 2. The minimum atomic E-state index is -1.26. The average molecular weight is 431 g/mol. The molecule has 0 N–H and O–H groups in total. The highest BCUT2D eigenvalue weighted by Gasteiger charge is 2.27. The van der Waals surface area contributed by atoms with E-state index in [1.54, 1.807) is 18.2 Å². The van der Waals surface area contributed by atoms with E-state index in [0.717, 1.165) is 0 Å². The fourth-order valence-corrected chi connectivity index (χ4v) is 2.84. The number of carbonyl (C=O) groups is 1. The van der Waals surface area contributed by atoms with E-state index in [4.69, 9.17) is 11.6 Å². The highest BCUT2D eigenvalue weighted by Crippen LogP contribution is 2.30. The molecule has 106 valence electrons. The second-order valence-corrected chi connectivity index (χ2v) is 6.37. The first-order chi connectivity index (χ1) is 9.95. The molecule has 6 heteroatoms. The monoisotopic (exact) mass is 429 g/mol. The molecule has 2 aromatic carbocycles. The number of rotatable bonds is 3.